The van der Waals surface area contributed by atoms with Gasteiger partial charge in [-0.2, -0.15) is 0 Å². The first-order valence-corrected chi connectivity index (χ1v) is 9.35. The van der Waals surface area contributed by atoms with Crippen LogP contribution in [0.5, 0.6) is 0 Å². The Balaban J connectivity index is 1.51. The van der Waals surface area contributed by atoms with E-state index in [-0.39, 0.29) is 27.9 Å². The molecule has 0 aliphatic heterocycles. The lowest BCUT2D eigenvalue weighted by Gasteiger charge is -2.58. The van der Waals surface area contributed by atoms with Gasteiger partial charge in [0.15, 0.2) is 0 Å². The molecule has 0 N–H and O–H groups in total. The zero-order valence-electron chi connectivity index (χ0n) is 12.8. The summed E-state index contributed by atoms with van der Waals surface area (Å²) in [6.45, 7) is -0.0866. The van der Waals surface area contributed by atoms with E-state index in [4.69, 9.17) is 16.3 Å². The molecule has 0 amide bonds. The summed E-state index contributed by atoms with van der Waals surface area (Å²) < 4.78 is 19.5. The van der Waals surface area contributed by atoms with Crippen LogP contribution in [0.15, 0.2) is 18.2 Å². The van der Waals surface area contributed by atoms with Gasteiger partial charge in [0.25, 0.3) is 0 Å². The van der Waals surface area contributed by atoms with E-state index in [1.54, 1.807) is 12.1 Å². The second-order valence-electron chi connectivity index (χ2n) is 7.67. The van der Waals surface area contributed by atoms with Crippen molar-refractivity contribution in [2.75, 3.05) is 0 Å². The Hall–Kier alpha value is -0.610. The molecule has 4 bridgehead atoms. The minimum absolute atomic E-state index is 0.0866. The number of benzene rings is 1. The number of alkyl halides is 1. The highest BCUT2D eigenvalue weighted by molar-refractivity contribution is 9.10. The van der Waals surface area contributed by atoms with Crippen LogP contribution in [0.2, 0.25) is 5.02 Å². The number of carbonyl (C=O) groups excluding carboxylic acids is 1. The van der Waals surface area contributed by atoms with Crippen LogP contribution in [0.3, 0.4) is 0 Å². The van der Waals surface area contributed by atoms with Crippen LogP contribution in [-0.2, 0) is 16.1 Å². The van der Waals surface area contributed by atoms with Gasteiger partial charge in [0, 0.05) is 9.89 Å². The highest BCUT2D eigenvalue weighted by atomic mass is 79.9. The van der Waals surface area contributed by atoms with E-state index in [0.29, 0.717) is 16.9 Å². The first-order valence-electron chi connectivity index (χ1n) is 8.18. The van der Waals surface area contributed by atoms with Gasteiger partial charge in [-0.3, -0.25) is 4.79 Å². The topological polar surface area (TPSA) is 26.3 Å². The zero-order valence-corrected chi connectivity index (χ0v) is 15.1. The van der Waals surface area contributed by atoms with Gasteiger partial charge >= 0.3 is 5.97 Å². The highest BCUT2D eigenvalue weighted by Gasteiger charge is 2.60. The van der Waals surface area contributed by atoms with Crippen molar-refractivity contribution in [1.29, 1.82) is 0 Å². The number of carbonyl (C=O) groups is 1. The molecule has 0 spiro atoms. The Bertz CT molecular complexity index is 628. The van der Waals surface area contributed by atoms with Crippen molar-refractivity contribution in [3.05, 3.63) is 34.6 Å². The lowest BCUT2D eigenvalue weighted by molar-refractivity contribution is -0.171. The van der Waals surface area contributed by atoms with Crippen LogP contribution in [-0.4, -0.2) is 10.3 Å². The molecule has 4 aliphatic carbocycles. The highest BCUT2D eigenvalue weighted by Crippen LogP contribution is 2.64. The predicted molar refractivity (Wildman–Crippen MR) is 90.0 cm³/mol. The number of hydrogen-bond acceptors (Lipinski definition) is 2. The van der Waals surface area contributed by atoms with Gasteiger partial charge in [0.05, 0.1) is 10.4 Å². The fraction of sp³-hybridized carbons (Fsp3) is 0.611. The summed E-state index contributed by atoms with van der Waals surface area (Å²) in [6.07, 6.45) is 6.25. The third kappa shape index (κ3) is 2.72. The van der Waals surface area contributed by atoms with Crippen LogP contribution >= 0.6 is 27.5 Å². The normalized spacial score (nSPS) is 37.9. The summed E-state index contributed by atoms with van der Waals surface area (Å²) >= 11 is 9.91. The second-order valence-corrected chi connectivity index (χ2v) is 9.76. The Morgan fingerprint density at radius 2 is 2.00 bits per heavy atom. The summed E-state index contributed by atoms with van der Waals surface area (Å²) in [7, 11) is 0. The van der Waals surface area contributed by atoms with Gasteiger partial charge in [-0.1, -0.05) is 33.6 Å². The maximum atomic E-state index is 13.8. The lowest BCUT2D eigenvalue weighted by Crippen LogP contribution is -2.56. The summed E-state index contributed by atoms with van der Waals surface area (Å²) in [5.41, 5.74) is -0.119. The average molecular weight is 402 g/mol. The van der Waals surface area contributed by atoms with E-state index >= 15 is 0 Å². The number of ether oxygens (including phenoxy) is 1. The predicted octanol–water partition coefficient (Wildman–Crippen LogP) is 5.26. The molecule has 4 saturated carbocycles. The third-order valence-electron chi connectivity index (χ3n) is 5.83. The smallest absolute Gasteiger partial charge is 0.312 e. The summed E-state index contributed by atoms with van der Waals surface area (Å²) in [4.78, 5) is 12.8. The van der Waals surface area contributed by atoms with E-state index in [1.807, 2.05) is 0 Å². The molecule has 2 unspecified atom stereocenters. The van der Waals surface area contributed by atoms with Gasteiger partial charge in [0.2, 0.25) is 0 Å². The van der Waals surface area contributed by atoms with Gasteiger partial charge < -0.3 is 4.74 Å². The minimum atomic E-state index is -0.423. The van der Waals surface area contributed by atoms with Crippen molar-refractivity contribution in [1.82, 2.24) is 0 Å². The van der Waals surface area contributed by atoms with Gasteiger partial charge in [-0.25, -0.2) is 4.39 Å². The van der Waals surface area contributed by atoms with E-state index in [0.717, 1.165) is 32.1 Å². The molecule has 4 aliphatic rings. The standard InChI is InChI=1S/C18H19BrClFO2/c19-18-7-11-4-12(8-18)6-17(5-11,10-18)16(22)23-9-13-14(20)2-1-3-15(13)21/h1-3,11-12H,4-10H2/t11-,12+,17?,18?. The first kappa shape index (κ1) is 15.9. The van der Waals surface area contributed by atoms with Crippen LogP contribution < -0.4 is 0 Å². The molecule has 23 heavy (non-hydrogen) atoms. The molecule has 0 aromatic heterocycles. The molecule has 124 valence electrons. The molecule has 0 saturated heterocycles. The van der Waals surface area contributed by atoms with Crippen LogP contribution in [0.25, 0.3) is 0 Å². The van der Waals surface area contributed by atoms with Crippen molar-refractivity contribution >= 4 is 33.5 Å². The van der Waals surface area contributed by atoms with Gasteiger partial charge in [0.1, 0.15) is 12.4 Å². The SMILES string of the molecule is O=C(OCc1c(F)cccc1Cl)C12C[C@@H]3C[C@@H](CC(Br)(C3)C1)C2. The van der Waals surface area contributed by atoms with Crippen LogP contribution in [0, 0.1) is 23.1 Å². The van der Waals surface area contributed by atoms with Crippen molar-refractivity contribution in [3.63, 3.8) is 0 Å². The van der Waals surface area contributed by atoms with Crippen molar-refractivity contribution in [3.8, 4) is 0 Å². The molecule has 4 atom stereocenters. The number of rotatable bonds is 3. The molecule has 2 nitrogen and oxygen atoms in total. The summed E-state index contributed by atoms with van der Waals surface area (Å²) in [5, 5.41) is 0.306. The Kier molecular flexibility index (Phi) is 3.77. The number of esters is 1. The lowest BCUT2D eigenvalue weighted by atomic mass is 9.49. The third-order valence-corrected chi connectivity index (χ3v) is 7.11. The zero-order chi connectivity index (χ0) is 16.2. The van der Waals surface area contributed by atoms with Crippen LogP contribution in [0.1, 0.15) is 44.1 Å². The van der Waals surface area contributed by atoms with Gasteiger partial charge in [-0.15, -0.1) is 0 Å². The molecule has 0 radical (unpaired) electrons. The molecule has 1 aromatic carbocycles. The fourth-order valence-corrected chi connectivity index (χ4v) is 7.02. The van der Waals surface area contributed by atoms with Crippen molar-refractivity contribution in [2.45, 2.75) is 49.5 Å². The number of halogens is 3. The monoisotopic (exact) mass is 400 g/mol. The summed E-state index contributed by atoms with van der Waals surface area (Å²) in [5.74, 6) is 0.628. The quantitative estimate of drug-likeness (QED) is 0.510. The average Bonchev–Trinajstić information content (AvgIpc) is 2.43. The van der Waals surface area contributed by atoms with E-state index in [1.165, 1.54) is 12.5 Å². The molecule has 4 fully saturated rings. The van der Waals surface area contributed by atoms with E-state index in [9.17, 15) is 9.18 Å². The minimum Gasteiger partial charge on any atom is -0.460 e. The molecular weight excluding hydrogens is 383 g/mol. The van der Waals surface area contributed by atoms with Gasteiger partial charge in [-0.05, 0) is 62.5 Å². The second kappa shape index (κ2) is 5.45. The first-order chi connectivity index (χ1) is 10.9. The fourth-order valence-electron chi connectivity index (χ4n) is 5.35. The van der Waals surface area contributed by atoms with Crippen molar-refractivity contribution < 1.29 is 13.9 Å². The Morgan fingerprint density at radius 1 is 1.30 bits per heavy atom. The molecular formula is C18H19BrClFO2. The molecule has 0 heterocycles. The van der Waals surface area contributed by atoms with E-state index in [2.05, 4.69) is 15.9 Å². The Labute approximate surface area is 148 Å². The van der Waals surface area contributed by atoms with E-state index < -0.39 is 5.82 Å². The largest absolute Gasteiger partial charge is 0.460 e. The van der Waals surface area contributed by atoms with Crippen LogP contribution in [0.4, 0.5) is 4.39 Å². The molecule has 5 rings (SSSR count). The van der Waals surface area contributed by atoms with Crippen molar-refractivity contribution in [2.24, 2.45) is 17.3 Å². The molecule has 1 aromatic rings. The maximum absolute atomic E-state index is 13.8. The Morgan fingerprint density at radius 3 is 2.61 bits per heavy atom. The molecule has 5 heteroatoms. The number of hydrogen-bond donors (Lipinski definition) is 0. The maximum Gasteiger partial charge on any atom is 0.312 e. The summed E-state index contributed by atoms with van der Waals surface area (Å²) in [6, 6.07) is 4.51.